The summed E-state index contributed by atoms with van der Waals surface area (Å²) in [6, 6.07) is 8.75. The molecule has 0 aromatic carbocycles. The van der Waals surface area contributed by atoms with Crippen molar-refractivity contribution in [3.63, 3.8) is 0 Å². The summed E-state index contributed by atoms with van der Waals surface area (Å²) in [7, 11) is 0. The lowest BCUT2D eigenvalue weighted by atomic mass is 9.67. The Morgan fingerprint density at radius 3 is 2.64 bits per heavy atom. The molecule has 0 bridgehead atoms. The number of rotatable bonds is 6. The van der Waals surface area contributed by atoms with Crippen LogP contribution in [0.5, 0.6) is 0 Å². The topological polar surface area (TPSA) is 35.0 Å². The van der Waals surface area contributed by atoms with Crippen molar-refractivity contribution in [1.29, 1.82) is 0 Å². The first-order valence-corrected chi connectivity index (χ1v) is 11.1. The Labute approximate surface area is 170 Å². The lowest BCUT2D eigenvalue weighted by molar-refractivity contribution is -0.104. The third-order valence-electron chi connectivity index (χ3n) is 7.14. The van der Waals surface area contributed by atoms with E-state index in [1.54, 1.807) is 0 Å². The van der Waals surface area contributed by atoms with Gasteiger partial charge in [0.15, 0.2) is 0 Å². The number of hydrogen-bond acceptors (Lipinski definition) is 3. The van der Waals surface area contributed by atoms with Crippen LogP contribution in [0.3, 0.4) is 0 Å². The molecule has 1 atom stereocenters. The molecule has 1 saturated heterocycles. The molecule has 0 amide bonds. The van der Waals surface area contributed by atoms with Crippen LogP contribution in [0.2, 0.25) is 0 Å². The lowest BCUT2D eigenvalue weighted by Gasteiger charge is -2.46. The van der Waals surface area contributed by atoms with E-state index in [1.165, 1.54) is 61.8 Å². The molecule has 2 aromatic rings. The maximum atomic E-state index is 6.37. The molecule has 4 rings (SSSR count). The van der Waals surface area contributed by atoms with E-state index >= 15 is 0 Å². The molecule has 28 heavy (non-hydrogen) atoms. The number of pyridine rings is 2. The van der Waals surface area contributed by atoms with Gasteiger partial charge in [0.05, 0.1) is 5.60 Å². The zero-order valence-corrected chi connectivity index (χ0v) is 17.5. The minimum absolute atomic E-state index is 0.119. The summed E-state index contributed by atoms with van der Waals surface area (Å²) < 4.78 is 6.37. The van der Waals surface area contributed by atoms with Crippen molar-refractivity contribution in [2.45, 2.75) is 89.1 Å². The van der Waals surface area contributed by atoms with Crippen molar-refractivity contribution >= 4 is 0 Å². The number of ether oxygens (including phenoxy) is 1. The number of aryl methyl sites for hydroxylation is 3. The summed E-state index contributed by atoms with van der Waals surface area (Å²) in [5, 5.41) is 0. The van der Waals surface area contributed by atoms with Gasteiger partial charge in [0.1, 0.15) is 0 Å². The fourth-order valence-electron chi connectivity index (χ4n) is 5.43. The highest BCUT2D eigenvalue weighted by Crippen LogP contribution is 2.50. The summed E-state index contributed by atoms with van der Waals surface area (Å²) >= 11 is 0. The fourth-order valence-corrected chi connectivity index (χ4v) is 5.43. The molecule has 1 aliphatic heterocycles. The molecular formula is C25H34N2O. The lowest BCUT2D eigenvalue weighted by Crippen LogP contribution is -2.46. The largest absolute Gasteiger partial charge is 0.375 e. The van der Waals surface area contributed by atoms with Crippen LogP contribution in [0, 0.1) is 13.8 Å². The van der Waals surface area contributed by atoms with E-state index in [2.05, 4.69) is 43.2 Å². The van der Waals surface area contributed by atoms with Crippen molar-refractivity contribution < 1.29 is 4.74 Å². The van der Waals surface area contributed by atoms with Gasteiger partial charge in [-0.3, -0.25) is 9.97 Å². The molecule has 1 spiro atoms. The summed E-state index contributed by atoms with van der Waals surface area (Å²) in [6.45, 7) is 5.13. The highest BCUT2D eigenvalue weighted by Gasteiger charge is 2.48. The van der Waals surface area contributed by atoms with Gasteiger partial charge in [-0.1, -0.05) is 31.4 Å². The van der Waals surface area contributed by atoms with E-state index in [9.17, 15) is 0 Å². The maximum Gasteiger partial charge on any atom is 0.0691 e. The molecule has 1 saturated carbocycles. The third-order valence-corrected chi connectivity index (χ3v) is 7.14. The number of unbranched alkanes of at least 4 members (excludes halogenated alkanes) is 1. The predicted molar refractivity (Wildman–Crippen MR) is 114 cm³/mol. The average molecular weight is 379 g/mol. The Morgan fingerprint density at radius 1 is 1.04 bits per heavy atom. The monoisotopic (exact) mass is 378 g/mol. The first-order chi connectivity index (χ1) is 13.6. The third kappa shape index (κ3) is 4.15. The number of nitrogens with zero attached hydrogens (tertiary/aromatic N) is 2. The van der Waals surface area contributed by atoms with Crippen molar-refractivity contribution in [3.05, 3.63) is 59.2 Å². The average Bonchev–Trinajstić information content (AvgIpc) is 3.16. The SMILES string of the molecule is Cc1cc(CCCCC2(c3ccccn3)CCOC3(CCCC3)C2)cnc1C. The maximum absolute atomic E-state index is 6.37. The Morgan fingerprint density at radius 2 is 1.89 bits per heavy atom. The van der Waals surface area contributed by atoms with Gasteiger partial charge in [0.2, 0.25) is 0 Å². The summed E-state index contributed by atoms with van der Waals surface area (Å²) in [6.07, 6.45) is 16.2. The van der Waals surface area contributed by atoms with Crippen LogP contribution in [-0.4, -0.2) is 22.2 Å². The summed E-state index contributed by atoms with van der Waals surface area (Å²) in [4.78, 5) is 9.35. The van der Waals surface area contributed by atoms with Gasteiger partial charge in [0.25, 0.3) is 0 Å². The van der Waals surface area contributed by atoms with Gasteiger partial charge in [-0.2, -0.15) is 0 Å². The number of aromatic nitrogens is 2. The van der Waals surface area contributed by atoms with Crippen molar-refractivity contribution in [3.8, 4) is 0 Å². The van der Waals surface area contributed by atoms with Crippen LogP contribution in [0.15, 0.2) is 36.7 Å². The van der Waals surface area contributed by atoms with E-state index in [0.717, 1.165) is 31.6 Å². The Balaban J connectivity index is 1.45. The Bertz CT molecular complexity index is 782. The smallest absolute Gasteiger partial charge is 0.0691 e. The van der Waals surface area contributed by atoms with Gasteiger partial charge in [-0.15, -0.1) is 0 Å². The Kier molecular flexibility index (Phi) is 5.82. The second-order valence-corrected chi connectivity index (χ2v) is 9.11. The van der Waals surface area contributed by atoms with Crippen molar-refractivity contribution in [2.75, 3.05) is 6.61 Å². The zero-order valence-electron chi connectivity index (χ0n) is 17.5. The van der Waals surface area contributed by atoms with E-state index in [1.807, 2.05) is 12.3 Å². The molecule has 3 heterocycles. The van der Waals surface area contributed by atoms with Crippen LogP contribution in [0.1, 0.15) is 80.3 Å². The van der Waals surface area contributed by atoms with E-state index in [-0.39, 0.29) is 11.0 Å². The highest BCUT2D eigenvalue weighted by atomic mass is 16.5. The zero-order chi connectivity index (χ0) is 19.5. The second-order valence-electron chi connectivity index (χ2n) is 9.11. The van der Waals surface area contributed by atoms with Crippen LogP contribution >= 0.6 is 0 Å². The normalized spacial score (nSPS) is 23.9. The molecule has 2 aromatic heterocycles. The molecule has 1 unspecified atom stereocenters. The van der Waals surface area contributed by atoms with Crippen molar-refractivity contribution in [2.24, 2.45) is 0 Å². The molecule has 150 valence electrons. The van der Waals surface area contributed by atoms with Gasteiger partial charge < -0.3 is 4.74 Å². The van der Waals surface area contributed by atoms with Gasteiger partial charge in [0, 0.05) is 35.8 Å². The second kappa shape index (κ2) is 8.32. The van der Waals surface area contributed by atoms with E-state index in [4.69, 9.17) is 9.72 Å². The molecule has 0 N–H and O–H groups in total. The molecule has 3 nitrogen and oxygen atoms in total. The minimum Gasteiger partial charge on any atom is -0.375 e. The molecular weight excluding hydrogens is 344 g/mol. The fraction of sp³-hybridized carbons (Fsp3) is 0.600. The van der Waals surface area contributed by atoms with Crippen LogP contribution in [0.25, 0.3) is 0 Å². The Hall–Kier alpha value is -1.74. The van der Waals surface area contributed by atoms with E-state index < -0.39 is 0 Å². The van der Waals surface area contributed by atoms with Gasteiger partial charge in [-0.05, 0) is 82.1 Å². The number of hydrogen-bond donors (Lipinski definition) is 0. The van der Waals surface area contributed by atoms with Crippen molar-refractivity contribution in [1.82, 2.24) is 9.97 Å². The molecule has 0 radical (unpaired) electrons. The van der Waals surface area contributed by atoms with Gasteiger partial charge >= 0.3 is 0 Å². The van der Waals surface area contributed by atoms with Gasteiger partial charge in [-0.25, -0.2) is 0 Å². The quantitative estimate of drug-likeness (QED) is 0.590. The van der Waals surface area contributed by atoms with Crippen LogP contribution in [0.4, 0.5) is 0 Å². The molecule has 2 aliphatic rings. The molecule has 1 aliphatic carbocycles. The molecule has 2 fully saturated rings. The van der Waals surface area contributed by atoms with E-state index in [0.29, 0.717) is 0 Å². The minimum atomic E-state index is 0.119. The highest BCUT2D eigenvalue weighted by molar-refractivity contribution is 5.23. The summed E-state index contributed by atoms with van der Waals surface area (Å²) in [5.41, 5.74) is 5.41. The standard InChI is InChI=1S/C25H34N2O/c1-20-17-22(18-27-21(20)2)9-3-5-11-24(23-10-4-8-15-26-23)14-16-28-25(19-24)12-6-7-13-25/h4,8,10,15,17-18H,3,5-7,9,11-14,16,19H2,1-2H3. The predicted octanol–water partition coefficient (Wildman–Crippen LogP) is 5.87. The van der Waals surface area contributed by atoms with Crippen LogP contribution in [-0.2, 0) is 16.6 Å². The summed E-state index contributed by atoms with van der Waals surface area (Å²) in [5.74, 6) is 0. The first-order valence-electron chi connectivity index (χ1n) is 11.1. The first kappa shape index (κ1) is 19.6. The molecule has 3 heteroatoms. The van der Waals surface area contributed by atoms with Crippen LogP contribution < -0.4 is 0 Å².